The van der Waals surface area contributed by atoms with Gasteiger partial charge >= 0.3 is 0 Å². The highest BCUT2D eigenvalue weighted by Gasteiger charge is 2.17. The molecule has 1 heterocycles. The molecule has 108 valence electrons. The maximum Gasteiger partial charge on any atom is 0.230 e. The molecule has 1 aromatic carbocycles. The van der Waals surface area contributed by atoms with Crippen molar-refractivity contribution in [3.05, 3.63) is 30.0 Å². The van der Waals surface area contributed by atoms with E-state index in [4.69, 9.17) is 15.0 Å². The van der Waals surface area contributed by atoms with E-state index >= 15 is 0 Å². The number of ether oxygens (including phenoxy) is 1. The van der Waals surface area contributed by atoms with Crippen LogP contribution in [0.5, 0.6) is 5.75 Å². The van der Waals surface area contributed by atoms with Crippen molar-refractivity contribution < 1.29 is 9.26 Å². The third-order valence-electron chi connectivity index (χ3n) is 3.48. The van der Waals surface area contributed by atoms with Crippen molar-refractivity contribution in [2.75, 3.05) is 12.3 Å². The molecule has 0 saturated heterocycles. The number of hydrogen-bond donors (Lipinski definition) is 1. The van der Waals surface area contributed by atoms with Gasteiger partial charge in [-0.25, -0.2) is 0 Å². The molecule has 0 bridgehead atoms. The Morgan fingerprint density at radius 2 is 1.95 bits per heavy atom. The Kier molecular flexibility index (Phi) is 4.66. The van der Waals surface area contributed by atoms with Gasteiger partial charge in [0.15, 0.2) is 0 Å². The smallest absolute Gasteiger partial charge is 0.230 e. The predicted molar refractivity (Wildman–Crippen MR) is 80.7 cm³/mol. The fourth-order valence-corrected chi connectivity index (χ4v) is 2.14. The molecule has 20 heavy (non-hydrogen) atoms. The molecule has 0 aliphatic carbocycles. The van der Waals surface area contributed by atoms with Gasteiger partial charge in [0, 0.05) is 0 Å². The summed E-state index contributed by atoms with van der Waals surface area (Å²) in [6.45, 7) is 7.00. The summed E-state index contributed by atoms with van der Waals surface area (Å²) < 4.78 is 10.6. The summed E-state index contributed by atoms with van der Waals surface area (Å²) in [5.74, 6) is 1.79. The third-order valence-corrected chi connectivity index (χ3v) is 3.48. The van der Waals surface area contributed by atoms with Crippen LogP contribution >= 0.6 is 0 Å². The zero-order valence-electron chi connectivity index (χ0n) is 12.3. The van der Waals surface area contributed by atoms with Gasteiger partial charge in [-0.15, -0.1) is 0 Å². The van der Waals surface area contributed by atoms with Crippen molar-refractivity contribution in [2.45, 2.75) is 33.6 Å². The Morgan fingerprint density at radius 1 is 1.25 bits per heavy atom. The summed E-state index contributed by atoms with van der Waals surface area (Å²) in [5, 5.41) is 4.11. The maximum atomic E-state index is 5.93. The van der Waals surface area contributed by atoms with Crippen LogP contribution < -0.4 is 10.5 Å². The van der Waals surface area contributed by atoms with Crippen molar-refractivity contribution in [1.82, 2.24) is 5.16 Å². The molecule has 1 atom stereocenters. The van der Waals surface area contributed by atoms with Gasteiger partial charge in [0.25, 0.3) is 0 Å². The van der Waals surface area contributed by atoms with Crippen LogP contribution in [0.25, 0.3) is 11.1 Å². The molecular weight excluding hydrogens is 252 g/mol. The monoisotopic (exact) mass is 274 g/mol. The molecule has 0 fully saturated rings. The van der Waals surface area contributed by atoms with Gasteiger partial charge in [0.1, 0.15) is 5.75 Å². The summed E-state index contributed by atoms with van der Waals surface area (Å²) in [5.41, 5.74) is 8.79. The van der Waals surface area contributed by atoms with E-state index in [0.29, 0.717) is 18.4 Å². The van der Waals surface area contributed by atoms with Crippen LogP contribution in [0.2, 0.25) is 0 Å². The summed E-state index contributed by atoms with van der Waals surface area (Å²) in [7, 11) is 0. The SMILES string of the molecule is CCOc1ccc(-c2c(CC(C)CC)noc2N)cc1. The molecule has 0 saturated carbocycles. The van der Waals surface area contributed by atoms with Crippen LogP contribution in [0.15, 0.2) is 28.8 Å². The van der Waals surface area contributed by atoms with E-state index in [1.54, 1.807) is 0 Å². The molecule has 1 aromatic heterocycles. The first-order valence-electron chi connectivity index (χ1n) is 7.12. The van der Waals surface area contributed by atoms with Gasteiger partial charge < -0.3 is 15.0 Å². The highest BCUT2D eigenvalue weighted by atomic mass is 16.5. The standard InChI is InChI=1S/C16H22N2O2/c1-4-11(3)10-14-15(16(17)20-18-14)12-6-8-13(9-7-12)19-5-2/h6-9,11H,4-5,10,17H2,1-3H3. The minimum atomic E-state index is 0.382. The van der Waals surface area contributed by atoms with Crippen LogP contribution in [0.1, 0.15) is 32.9 Å². The molecule has 0 radical (unpaired) electrons. The first-order chi connectivity index (χ1) is 9.65. The average Bonchev–Trinajstić information content (AvgIpc) is 2.81. The van der Waals surface area contributed by atoms with Gasteiger partial charge in [-0.3, -0.25) is 0 Å². The Balaban J connectivity index is 2.29. The number of rotatable bonds is 6. The fraction of sp³-hybridized carbons (Fsp3) is 0.438. The van der Waals surface area contributed by atoms with Crippen molar-refractivity contribution in [3.63, 3.8) is 0 Å². The van der Waals surface area contributed by atoms with E-state index in [9.17, 15) is 0 Å². The second-order valence-corrected chi connectivity index (χ2v) is 5.04. The molecule has 1 unspecified atom stereocenters. The van der Waals surface area contributed by atoms with E-state index in [-0.39, 0.29) is 0 Å². The molecule has 2 N–H and O–H groups in total. The second-order valence-electron chi connectivity index (χ2n) is 5.04. The lowest BCUT2D eigenvalue weighted by Crippen LogP contribution is -2.00. The number of nitrogen functional groups attached to an aromatic ring is 1. The molecular formula is C16H22N2O2. The summed E-state index contributed by atoms with van der Waals surface area (Å²) in [6, 6.07) is 7.87. The lowest BCUT2D eigenvalue weighted by atomic mass is 9.97. The summed E-state index contributed by atoms with van der Waals surface area (Å²) >= 11 is 0. The Morgan fingerprint density at radius 3 is 2.55 bits per heavy atom. The zero-order chi connectivity index (χ0) is 14.5. The molecule has 0 aliphatic rings. The van der Waals surface area contributed by atoms with E-state index in [0.717, 1.165) is 35.4 Å². The largest absolute Gasteiger partial charge is 0.494 e. The maximum absolute atomic E-state index is 5.93. The third kappa shape index (κ3) is 3.13. The van der Waals surface area contributed by atoms with Gasteiger partial charge in [-0.1, -0.05) is 37.6 Å². The van der Waals surface area contributed by atoms with Crippen LogP contribution in [0.4, 0.5) is 5.88 Å². The molecule has 2 rings (SSSR count). The van der Waals surface area contributed by atoms with E-state index < -0.39 is 0 Å². The molecule has 0 spiro atoms. The first kappa shape index (κ1) is 14.4. The molecule has 4 nitrogen and oxygen atoms in total. The Hall–Kier alpha value is -1.97. The van der Waals surface area contributed by atoms with Crippen molar-refractivity contribution in [1.29, 1.82) is 0 Å². The molecule has 2 aromatic rings. The van der Waals surface area contributed by atoms with Crippen LogP contribution in [-0.2, 0) is 6.42 Å². The number of benzene rings is 1. The van der Waals surface area contributed by atoms with Crippen LogP contribution in [0, 0.1) is 5.92 Å². The quantitative estimate of drug-likeness (QED) is 0.867. The average molecular weight is 274 g/mol. The van der Waals surface area contributed by atoms with Crippen molar-refractivity contribution in [3.8, 4) is 16.9 Å². The minimum Gasteiger partial charge on any atom is -0.494 e. The van der Waals surface area contributed by atoms with Gasteiger partial charge in [0.05, 0.1) is 17.9 Å². The summed E-state index contributed by atoms with van der Waals surface area (Å²) in [6.07, 6.45) is 1.98. The van der Waals surface area contributed by atoms with Crippen molar-refractivity contribution >= 4 is 5.88 Å². The lowest BCUT2D eigenvalue weighted by molar-refractivity contribution is 0.340. The van der Waals surface area contributed by atoms with Gasteiger partial charge in [0.2, 0.25) is 5.88 Å². The topological polar surface area (TPSA) is 61.3 Å². The van der Waals surface area contributed by atoms with Crippen LogP contribution in [-0.4, -0.2) is 11.8 Å². The minimum absolute atomic E-state index is 0.382. The normalized spacial score (nSPS) is 12.3. The predicted octanol–water partition coefficient (Wildman–Crippen LogP) is 3.91. The fourth-order valence-electron chi connectivity index (χ4n) is 2.14. The number of nitrogens with zero attached hydrogens (tertiary/aromatic N) is 1. The van der Waals surface area contributed by atoms with Gasteiger partial charge in [-0.2, -0.15) is 0 Å². The van der Waals surface area contributed by atoms with Gasteiger partial charge in [-0.05, 0) is 37.0 Å². The highest BCUT2D eigenvalue weighted by molar-refractivity contribution is 5.75. The van der Waals surface area contributed by atoms with E-state index in [2.05, 4.69) is 19.0 Å². The second kappa shape index (κ2) is 6.46. The number of hydrogen-bond acceptors (Lipinski definition) is 4. The van der Waals surface area contributed by atoms with E-state index in [1.165, 1.54) is 0 Å². The number of nitrogens with two attached hydrogens (primary N) is 1. The number of aromatic nitrogens is 1. The zero-order valence-corrected chi connectivity index (χ0v) is 12.3. The van der Waals surface area contributed by atoms with Crippen LogP contribution in [0.3, 0.4) is 0 Å². The van der Waals surface area contributed by atoms with E-state index in [1.807, 2.05) is 31.2 Å². The number of anilines is 1. The Bertz CT molecular complexity index is 546. The summed E-state index contributed by atoms with van der Waals surface area (Å²) in [4.78, 5) is 0. The highest BCUT2D eigenvalue weighted by Crippen LogP contribution is 2.32. The Labute approximate surface area is 119 Å². The molecule has 0 amide bonds. The first-order valence-corrected chi connectivity index (χ1v) is 7.12. The lowest BCUT2D eigenvalue weighted by Gasteiger charge is -2.08. The van der Waals surface area contributed by atoms with Crippen molar-refractivity contribution in [2.24, 2.45) is 5.92 Å². The molecule has 4 heteroatoms. The molecule has 0 aliphatic heterocycles.